The minimum Gasteiger partial charge on any atom is -0.376 e. The number of unbranched alkanes of at least 4 members (excludes halogenated alkanes) is 30. The van der Waals surface area contributed by atoms with E-state index >= 15 is 0 Å². The molecule has 0 amide bonds. The van der Waals surface area contributed by atoms with Gasteiger partial charge in [0.15, 0.2) is 5.85 Å². The van der Waals surface area contributed by atoms with Crippen molar-refractivity contribution in [3.05, 3.63) is 34.9 Å². The van der Waals surface area contributed by atoms with Gasteiger partial charge in [0.05, 0.1) is 13.2 Å². The van der Waals surface area contributed by atoms with E-state index in [-0.39, 0.29) is 10.8 Å². The van der Waals surface area contributed by atoms with E-state index in [0.717, 1.165) is 36.8 Å². The van der Waals surface area contributed by atoms with E-state index in [1.165, 1.54) is 180 Å². The molecular formula is C51H97O4P. The van der Waals surface area contributed by atoms with Crippen molar-refractivity contribution < 1.29 is 18.7 Å². The third-order valence-electron chi connectivity index (χ3n) is 11.8. The predicted molar refractivity (Wildman–Crippen MR) is 247 cm³/mol. The van der Waals surface area contributed by atoms with Crippen LogP contribution in [-0.2, 0) is 24.4 Å². The van der Waals surface area contributed by atoms with Gasteiger partial charge in [-0.05, 0) is 40.4 Å². The van der Waals surface area contributed by atoms with Crippen LogP contribution in [0.2, 0.25) is 0 Å². The molecule has 0 radical (unpaired) electrons. The number of hydrogen-bond donors (Lipinski definition) is 1. The van der Waals surface area contributed by atoms with Crippen LogP contribution in [0.25, 0.3) is 0 Å². The molecule has 1 N–H and O–H groups in total. The smallest absolute Gasteiger partial charge is 0.363 e. The first kappa shape index (κ1) is 53.3. The summed E-state index contributed by atoms with van der Waals surface area (Å²) >= 11 is 0. The first-order valence-electron chi connectivity index (χ1n) is 24.6. The third kappa shape index (κ3) is 27.2. The molecule has 0 aromatic heterocycles. The summed E-state index contributed by atoms with van der Waals surface area (Å²) in [6.45, 7) is 18.4. The van der Waals surface area contributed by atoms with Gasteiger partial charge in [-0.1, -0.05) is 266 Å². The van der Waals surface area contributed by atoms with Crippen molar-refractivity contribution in [3.8, 4) is 0 Å². The van der Waals surface area contributed by atoms with Crippen molar-refractivity contribution in [2.45, 2.75) is 278 Å². The van der Waals surface area contributed by atoms with Crippen LogP contribution >= 0.6 is 7.60 Å². The Bertz CT molecular complexity index is 1010. The Labute approximate surface area is 350 Å². The van der Waals surface area contributed by atoms with Crippen LogP contribution in [0.4, 0.5) is 0 Å². The van der Waals surface area contributed by atoms with Crippen molar-refractivity contribution in [1.29, 1.82) is 0 Å². The number of aliphatic hydroxyl groups is 1. The summed E-state index contributed by atoms with van der Waals surface area (Å²) in [6.07, 6.45) is 41.9. The molecule has 4 nitrogen and oxygen atoms in total. The molecule has 1 aromatic carbocycles. The molecule has 0 spiro atoms. The van der Waals surface area contributed by atoms with Crippen molar-refractivity contribution >= 4 is 7.60 Å². The Balaban J connectivity index is 2.51. The minimum atomic E-state index is -3.80. The fourth-order valence-corrected chi connectivity index (χ4v) is 9.35. The zero-order valence-corrected chi connectivity index (χ0v) is 39.9. The first-order valence-corrected chi connectivity index (χ1v) is 26.2. The van der Waals surface area contributed by atoms with Gasteiger partial charge in [0.2, 0.25) is 0 Å². The molecule has 0 aliphatic carbocycles. The largest absolute Gasteiger partial charge is 0.376 e. The maximum atomic E-state index is 14.5. The molecular weight excluding hydrogens is 708 g/mol. The van der Waals surface area contributed by atoms with Gasteiger partial charge in [-0.2, -0.15) is 0 Å². The van der Waals surface area contributed by atoms with Crippen molar-refractivity contribution in [2.75, 3.05) is 13.2 Å². The maximum absolute atomic E-state index is 14.5. The van der Waals surface area contributed by atoms with Crippen LogP contribution in [-0.4, -0.2) is 18.3 Å². The van der Waals surface area contributed by atoms with Gasteiger partial charge < -0.3 is 14.2 Å². The maximum Gasteiger partial charge on any atom is 0.363 e. The van der Waals surface area contributed by atoms with E-state index in [4.69, 9.17) is 9.05 Å². The molecule has 0 bridgehead atoms. The monoisotopic (exact) mass is 805 g/mol. The Morgan fingerprint density at radius 2 is 0.661 bits per heavy atom. The molecule has 330 valence electrons. The number of benzene rings is 1. The lowest BCUT2D eigenvalue weighted by Gasteiger charge is -2.29. The van der Waals surface area contributed by atoms with E-state index in [1.807, 2.05) is 12.1 Å². The van der Waals surface area contributed by atoms with Gasteiger partial charge in [0.25, 0.3) is 0 Å². The molecule has 56 heavy (non-hydrogen) atoms. The van der Waals surface area contributed by atoms with Gasteiger partial charge in [-0.3, -0.25) is 4.57 Å². The Morgan fingerprint density at radius 1 is 0.429 bits per heavy atom. The molecule has 1 unspecified atom stereocenters. The summed E-state index contributed by atoms with van der Waals surface area (Å²) < 4.78 is 26.7. The lowest BCUT2D eigenvalue weighted by molar-refractivity contribution is 0.138. The van der Waals surface area contributed by atoms with Crippen LogP contribution in [0.15, 0.2) is 18.2 Å². The quantitative estimate of drug-likeness (QED) is 0.0534. The van der Waals surface area contributed by atoms with Gasteiger partial charge in [0.1, 0.15) is 0 Å². The molecule has 1 rings (SSSR count). The highest BCUT2D eigenvalue weighted by atomic mass is 31.2. The summed E-state index contributed by atoms with van der Waals surface area (Å²) in [5.41, 5.74) is 2.68. The van der Waals surface area contributed by atoms with Crippen LogP contribution in [0.3, 0.4) is 0 Å². The van der Waals surface area contributed by atoms with E-state index in [0.29, 0.717) is 18.8 Å². The Morgan fingerprint density at radius 3 is 0.893 bits per heavy atom. The van der Waals surface area contributed by atoms with Crippen LogP contribution < -0.4 is 0 Å². The molecule has 0 heterocycles. The second-order valence-electron chi connectivity index (χ2n) is 19.5. The van der Waals surface area contributed by atoms with Crippen LogP contribution in [0.5, 0.6) is 0 Å². The summed E-state index contributed by atoms with van der Waals surface area (Å²) in [5, 5.41) is 11.8. The van der Waals surface area contributed by atoms with Gasteiger partial charge >= 0.3 is 7.60 Å². The summed E-state index contributed by atoms with van der Waals surface area (Å²) in [5.74, 6) is -1.30. The highest BCUT2D eigenvalue weighted by Gasteiger charge is 2.37. The molecule has 0 aliphatic heterocycles. The average molecular weight is 805 g/mol. The zero-order valence-electron chi connectivity index (χ0n) is 39.0. The normalized spacial score (nSPS) is 13.2. The van der Waals surface area contributed by atoms with Crippen molar-refractivity contribution in [3.63, 3.8) is 0 Å². The van der Waals surface area contributed by atoms with E-state index in [1.54, 1.807) is 0 Å². The molecule has 1 atom stereocenters. The molecule has 1 aromatic rings. The number of aliphatic hydroxyl groups excluding tert-OH is 1. The average Bonchev–Trinajstić information content (AvgIpc) is 3.16. The van der Waals surface area contributed by atoms with E-state index in [2.05, 4.69) is 61.5 Å². The minimum absolute atomic E-state index is 0.109. The van der Waals surface area contributed by atoms with Crippen molar-refractivity contribution in [2.24, 2.45) is 0 Å². The summed E-state index contributed by atoms with van der Waals surface area (Å²) in [7, 11) is -3.80. The van der Waals surface area contributed by atoms with Gasteiger partial charge in [0, 0.05) is 0 Å². The van der Waals surface area contributed by atoms with Crippen LogP contribution in [0.1, 0.15) is 283 Å². The first-order chi connectivity index (χ1) is 26.8. The topological polar surface area (TPSA) is 55.8 Å². The summed E-state index contributed by atoms with van der Waals surface area (Å²) in [4.78, 5) is 0. The second-order valence-corrected chi connectivity index (χ2v) is 21.6. The van der Waals surface area contributed by atoms with Gasteiger partial charge in [-0.25, -0.2) is 0 Å². The van der Waals surface area contributed by atoms with Crippen LogP contribution in [0, 0.1) is 0 Å². The lowest BCUT2D eigenvalue weighted by atomic mass is 9.79. The highest BCUT2D eigenvalue weighted by molar-refractivity contribution is 7.54. The molecule has 0 fully saturated rings. The van der Waals surface area contributed by atoms with E-state index < -0.39 is 13.4 Å². The predicted octanol–water partition coefficient (Wildman–Crippen LogP) is 18.0. The van der Waals surface area contributed by atoms with E-state index in [9.17, 15) is 9.67 Å². The Kier molecular flexibility index (Phi) is 31.5. The fraction of sp³-hybridized carbons (Fsp3) is 0.882. The summed E-state index contributed by atoms with van der Waals surface area (Å²) in [6, 6.07) is 6.26. The molecule has 0 saturated heterocycles. The number of hydrogen-bond acceptors (Lipinski definition) is 4. The highest BCUT2D eigenvalue weighted by Crippen LogP contribution is 2.60. The number of rotatable bonds is 38. The standard InChI is InChI=1S/C51H97O4P/c1-9-11-13-15-17-19-21-23-25-27-29-31-33-35-37-39-41-54-56(53,49(52)46-43-47(50(3,4)5)45-48(44-46)51(6,7)8)55-42-40-38-36-34-32-30-28-26-24-22-20-18-16-14-12-10-2/h43-45,49,52H,9-42H2,1-8H3. The fourth-order valence-electron chi connectivity index (χ4n) is 7.71. The van der Waals surface area contributed by atoms with Crippen molar-refractivity contribution in [1.82, 2.24) is 0 Å². The molecule has 0 aliphatic rings. The Hall–Kier alpha value is -0.670. The SMILES string of the molecule is CCCCCCCCCCCCCCCCCCOP(=O)(OCCCCCCCCCCCCCCCCCC)C(O)c1cc(C(C)(C)C)cc(C(C)(C)C)c1. The zero-order chi connectivity index (χ0) is 41.4. The molecule has 5 heteroatoms. The third-order valence-corrected chi connectivity index (χ3v) is 13.8. The second kappa shape index (κ2) is 33.1. The lowest BCUT2D eigenvalue weighted by Crippen LogP contribution is -2.18. The molecule has 0 saturated carbocycles. The van der Waals surface area contributed by atoms with Gasteiger partial charge in [-0.15, -0.1) is 0 Å².